The topological polar surface area (TPSA) is 90.0 Å². The molecule has 1 aromatic rings. The van der Waals surface area contributed by atoms with Crippen LogP contribution in [0.4, 0.5) is 5.69 Å². The first kappa shape index (κ1) is 17.0. The van der Waals surface area contributed by atoms with E-state index in [4.69, 9.17) is 0 Å². The number of hydrogen-bond donors (Lipinski definition) is 0. The second kappa shape index (κ2) is 7.07. The average molecular weight is 315 g/mol. The number of para-hydroxylation sites is 1. The molecule has 0 atom stereocenters. The van der Waals surface area contributed by atoms with Crippen molar-refractivity contribution in [1.82, 2.24) is 0 Å². The second-order valence-corrected chi connectivity index (χ2v) is 6.04. The summed E-state index contributed by atoms with van der Waals surface area (Å²) in [5.74, 6) is -2.31. The smallest absolute Gasteiger partial charge is 0.340 e. The first-order valence-electron chi connectivity index (χ1n) is 6.13. The Kier molecular flexibility index (Phi) is 5.71. The predicted molar refractivity (Wildman–Crippen MR) is 76.6 cm³/mol. The molecule has 0 bridgehead atoms. The molecule has 0 radical (unpaired) electrons. The van der Waals surface area contributed by atoms with Crippen molar-refractivity contribution in [2.45, 2.75) is 6.92 Å². The molecule has 8 heteroatoms. The molecule has 0 saturated heterocycles. The minimum absolute atomic E-state index is 0.0925. The van der Waals surface area contributed by atoms with Gasteiger partial charge in [0.2, 0.25) is 10.0 Å². The van der Waals surface area contributed by atoms with Crippen LogP contribution in [-0.4, -0.2) is 46.9 Å². The summed E-state index contributed by atoms with van der Waals surface area (Å²) >= 11 is 0. The van der Waals surface area contributed by atoms with Crippen LogP contribution >= 0.6 is 0 Å². The third-order valence-electron chi connectivity index (χ3n) is 2.67. The summed E-state index contributed by atoms with van der Waals surface area (Å²) in [6, 6.07) is 6.06. The minimum atomic E-state index is -3.95. The van der Waals surface area contributed by atoms with Crippen LogP contribution in [0.15, 0.2) is 24.3 Å². The molecule has 7 nitrogen and oxygen atoms in total. The molecule has 1 rings (SSSR count). The second-order valence-electron chi connectivity index (χ2n) is 4.04. The van der Waals surface area contributed by atoms with Gasteiger partial charge in [0.1, 0.15) is 0 Å². The van der Waals surface area contributed by atoms with Crippen molar-refractivity contribution in [1.29, 1.82) is 0 Å². The lowest BCUT2D eigenvalue weighted by atomic mass is 10.2. The molecule has 0 heterocycles. The molecule has 0 unspecified atom stereocenters. The zero-order valence-electron chi connectivity index (χ0n) is 12.0. The quantitative estimate of drug-likeness (QED) is 0.721. The van der Waals surface area contributed by atoms with Gasteiger partial charge < -0.3 is 9.47 Å². The van der Waals surface area contributed by atoms with E-state index in [-0.39, 0.29) is 17.9 Å². The van der Waals surface area contributed by atoms with Crippen LogP contribution in [0.2, 0.25) is 0 Å². The number of benzene rings is 1. The first-order valence-corrected chi connectivity index (χ1v) is 7.74. The summed E-state index contributed by atoms with van der Waals surface area (Å²) in [4.78, 5) is 23.0. The molecule has 0 aliphatic carbocycles. The Morgan fingerprint density at radius 2 is 1.86 bits per heavy atom. The van der Waals surface area contributed by atoms with Crippen LogP contribution in [0, 0.1) is 0 Å². The minimum Gasteiger partial charge on any atom is -0.465 e. The van der Waals surface area contributed by atoms with Gasteiger partial charge in [-0.25, -0.2) is 13.2 Å². The van der Waals surface area contributed by atoms with Gasteiger partial charge in [0.15, 0.2) is 5.75 Å². The van der Waals surface area contributed by atoms with E-state index in [1.165, 1.54) is 26.3 Å². The van der Waals surface area contributed by atoms with Crippen LogP contribution in [-0.2, 0) is 24.3 Å². The van der Waals surface area contributed by atoms with E-state index >= 15 is 0 Å². The summed E-state index contributed by atoms with van der Waals surface area (Å²) in [6.45, 7) is 1.68. The fraction of sp³-hybridized carbons (Fsp3) is 0.385. The number of carbonyl (C=O) groups excluding carboxylic acids is 2. The Hall–Kier alpha value is -2.09. The van der Waals surface area contributed by atoms with Crippen molar-refractivity contribution in [2.75, 3.05) is 30.8 Å². The monoisotopic (exact) mass is 315 g/mol. The number of anilines is 1. The molecule has 0 aliphatic heterocycles. The highest BCUT2D eigenvalue weighted by Gasteiger charge is 2.26. The number of nitrogens with zero attached hydrogens (tertiary/aromatic N) is 1. The summed E-state index contributed by atoms with van der Waals surface area (Å²) < 4.78 is 34.4. The Balaban J connectivity index is 3.11. The number of hydrogen-bond acceptors (Lipinski definition) is 6. The molecule has 0 amide bonds. The number of rotatable bonds is 6. The van der Waals surface area contributed by atoms with E-state index in [1.54, 1.807) is 19.1 Å². The highest BCUT2D eigenvalue weighted by molar-refractivity contribution is 7.93. The lowest BCUT2D eigenvalue weighted by molar-refractivity contribution is -0.139. The van der Waals surface area contributed by atoms with Gasteiger partial charge in [-0.05, 0) is 19.1 Å². The van der Waals surface area contributed by atoms with E-state index in [1.807, 2.05) is 0 Å². The highest BCUT2D eigenvalue weighted by Crippen LogP contribution is 2.22. The normalized spacial score (nSPS) is 10.8. The fourth-order valence-electron chi connectivity index (χ4n) is 1.63. The summed E-state index contributed by atoms with van der Waals surface area (Å²) in [6.07, 6.45) is 0. The Labute approximate surface area is 123 Å². The lowest BCUT2D eigenvalue weighted by Crippen LogP contribution is -2.34. The van der Waals surface area contributed by atoms with Crippen molar-refractivity contribution in [3.05, 3.63) is 29.8 Å². The van der Waals surface area contributed by atoms with Crippen LogP contribution in [0.3, 0.4) is 0 Å². The number of esters is 2. The van der Waals surface area contributed by atoms with E-state index < -0.39 is 27.7 Å². The fourth-order valence-corrected chi connectivity index (χ4v) is 2.66. The van der Waals surface area contributed by atoms with Crippen molar-refractivity contribution < 1.29 is 27.5 Å². The van der Waals surface area contributed by atoms with E-state index in [2.05, 4.69) is 9.47 Å². The van der Waals surface area contributed by atoms with Gasteiger partial charge in [0, 0.05) is 7.05 Å². The number of ether oxygens (including phenoxy) is 2. The van der Waals surface area contributed by atoms with Gasteiger partial charge in [-0.15, -0.1) is 0 Å². The largest absolute Gasteiger partial charge is 0.465 e. The molecule has 116 valence electrons. The van der Waals surface area contributed by atoms with Crippen LogP contribution in [0.25, 0.3) is 0 Å². The highest BCUT2D eigenvalue weighted by atomic mass is 32.2. The van der Waals surface area contributed by atoms with Gasteiger partial charge in [0.25, 0.3) is 0 Å². The molecule has 0 saturated carbocycles. The van der Waals surface area contributed by atoms with Gasteiger partial charge in [-0.3, -0.25) is 9.10 Å². The third kappa shape index (κ3) is 4.19. The maximum atomic E-state index is 12.2. The zero-order chi connectivity index (χ0) is 16.0. The number of sulfonamides is 1. The molecule has 1 aromatic carbocycles. The zero-order valence-corrected chi connectivity index (χ0v) is 12.8. The molecule has 0 spiro atoms. The maximum Gasteiger partial charge on any atom is 0.340 e. The molecule has 0 aliphatic rings. The molecular weight excluding hydrogens is 298 g/mol. The summed E-state index contributed by atoms with van der Waals surface area (Å²) in [7, 11) is -1.49. The molecule has 0 fully saturated rings. The average Bonchev–Trinajstić information content (AvgIpc) is 2.45. The predicted octanol–water partition coefficient (Wildman–Crippen LogP) is 0.802. The Morgan fingerprint density at radius 3 is 2.43 bits per heavy atom. The first-order chi connectivity index (χ1) is 9.83. The van der Waals surface area contributed by atoms with Crippen molar-refractivity contribution in [3.63, 3.8) is 0 Å². The maximum absolute atomic E-state index is 12.2. The summed E-state index contributed by atoms with van der Waals surface area (Å²) in [5.41, 5.74) is 0.226. The van der Waals surface area contributed by atoms with Gasteiger partial charge >= 0.3 is 11.9 Å². The van der Waals surface area contributed by atoms with E-state index in [0.717, 1.165) is 4.31 Å². The van der Waals surface area contributed by atoms with Crippen LogP contribution < -0.4 is 4.31 Å². The van der Waals surface area contributed by atoms with Gasteiger partial charge in [-0.2, -0.15) is 0 Å². The molecule has 0 aromatic heterocycles. The van der Waals surface area contributed by atoms with Gasteiger partial charge in [-0.1, -0.05) is 12.1 Å². The van der Waals surface area contributed by atoms with Crippen LogP contribution in [0.1, 0.15) is 17.3 Å². The van der Waals surface area contributed by atoms with Crippen LogP contribution in [0.5, 0.6) is 0 Å². The Bertz CT molecular complexity index is 625. The van der Waals surface area contributed by atoms with Crippen molar-refractivity contribution >= 4 is 27.6 Å². The summed E-state index contributed by atoms with van der Waals surface area (Å²) in [5, 5.41) is 0. The lowest BCUT2D eigenvalue weighted by Gasteiger charge is -2.21. The molecule has 0 N–H and O–H groups in total. The third-order valence-corrected chi connectivity index (χ3v) is 4.30. The molecule has 21 heavy (non-hydrogen) atoms. The SMILES string of the molecule is CCOC(=O)CS(=O)(=O)N(C)c1ccccc1C(=O)OC. The number of carbonyl (C=O) groups is 2. The van der Waals surface area contributed by atoms with E-state index in [0.29, 0.717) is 0 Å². The van der Waals surface area contributed by atoms with Crippen molar-refractivity contribution in [2.24, 2.45) is 0 Å². The Morgan fingerprint density at radius 1 is 1.24 bits per heavy atom. The molecular formula is C13H17NO6S. The number of methoxy groups -OCH3 is 1. The standard InChI is InChI=1S/C13H17NO6S/c1-4-20-12(15)9-21(17,18)14(2)11-8-6-5-7-10(11)13(16)19-3/h5-8H,4,9H2,1-3H3. The van der Waals surface area contributed by atoms with Gasteiger partial charge in [0.05, 0.1) is 25.0 Å². The van der Waals surface area contributed by atoms with E-state index in [9.17, 15) is 18.0 Å². The van der Waals surface area contributed by atoms with Crippen molar-refractivity contribution in [3.8, 4) is 0 Å².